The zero-order valence-corrected chi connectivity index (χ0v) is 17.5. The second kappa shape index (κ2) is 8.38. The molecule has 0 bridgehead atoms. The maximum absolute atomic E-state index is 13.1. The minimum absolute atomic E-state index is 0.167. The lowest BCUT2D eigenvalue weighted by molar-refractivity contribution is -0.119. The fraction of sp³-hybridized carbons (Fsp3) is 0.200. The van der Waals surface area contributed by atoms with Gasteiger partial charge in [0.05, 0.1) is 0 Å². The van der Waals surface area contributed by atoms with Crippen molar-refractivity contribution in [1.29, 1.82) is 0 Å². The molecule has 6 nitrogen and oxygen atoms in total. The quantitative estimate of drug-likeness (QED) is 0.609. The Labute approximate surface area is 178 Å². The molecule has 0 radical (unpaired) electrons. The standard InChI is InChI=1S/C20H16BrFN4O2S/c21-14-7-3-13(4-8-14)19(28)26-11-1-2-16(26)17(27)23-20-25-24-18(29-20)12-5-9-15(22)10-6-12/h3-10,16H,1-2,11H2,(H,23,25,27). The van der Waals surface area contributed by atoms with Crippen LogP contribution in [0.1, 0.15) is 23.2 Å². The molecule has 1 aromatic heterocycles. The first kappa shape index (κ1) is 19.7. The number of hydrogen-bond donors (Lipinski definition) is 1. The summed E-state index contributed by atoms with van der Waals surface area (Å²) in [6.07, 6.45) is 1.36. The summed E-state index contributed by atoms with van der Waals surface area (Å²) in [6.45, 7) is 0.532. The number of hydrogen-bond acceptors (Lipinski definition) is 5. The maximum Gasteiger partial charge on any atom is 0.254 e. The highest BCUT2D eigenvalue weighted by Gasteiger charge is 2.35. The lowest BCUT2D eigenvalue weighted by Crippen LogP contribution is -2.43. The van der Waals surface area contributed by atoms with Gasteiger partial charge in [0.2, 0.25) is 11.0 Å². The number of rotatable bonds is 4. The van der Waals surface area contributed by atoms with Crippen molar-refractivity contribution in [3.05, 3.63) is 64.4 Å². The topological polar surface area (TPSA) is 75.2 Å². The Balaban J connectivity index is 1.45. The molecule has 0 spiro atoms. The summed E-state index contributed by atoms with van der Waals surface area (Å²) in [4.78, 5) is 27.2. The van der Waals surface area contributed by atoms with Gasteiger partial charge in [-0.1, -0.05) is 27.3 Å². The van der Waals surface area contributed by atoms with E-state index in [0.717, 1.165) is 16.5 Å². The van der Waals surface area contributed by atoms with Gasteiger partial charge in [-0.25, -0.2) is 4.39 Å². The molecule has 1 fully saturated rings. The Morgan fingerprint density at radius 1 is 1.10 bits per heavy atom. The highest BCUT2D eigenvalue weighted by Crippen LogP contribution is 2.28. The highest BCUT2D eigenvalue weighted by atomic mass is 79.9. The molecule has 2 amide bonds. The molecule has 4 rings (SSSR count). The predicted molar refractivity (Wildman–Crippen MR) is 112 cm³/mol. The average molecular weight is 475 g/mol. The van der Waals surface area contributed by atoms with Crippen LogP contribution in [0.15, 0.2) is 53.0 Å². The van der Waals surface area contributed by atoms with Gasteiger partial charge in [-0.3, -0.25) is 14.9 Å². The number of amides is 2. The van der Waals surface area contributed by atoms with Crippen molar-refractivity contribution in [1.82, 2.24) is 15.1 Å². The molecule has 0 aliphatic carbocycles. The molecule has 1 atom stereocenters. The minimum Gasteiger partial charge on any atom is -0.327 e. The van der Waals surface area contributed by atoms with E-state index in [1.165, 1.54) is 23.5 Å². The monoisotopic (exact) mass is 474 g/mol. The predicted octanol–water partition coefficient (Wildman–Crippen LogP) is 4.35. The van der Waals surface area contributed by atoms with E-state index >= 15 is 0 Å². The number of nitrogens with one attached hydrogen (secondary N) is 1. The normalized spacial score (nSPS) is 16.1. The van der Waals surface area contributed by atoms with Crippen LogP contribution >= 0.6 is 27.3 Å². The van der Waals surface area contributed by atoms with Crippen LogP contribution in [0.2, 0.25) is 0 Å². The average Bonchev–Trinajstić information content (AvgIpc) is 3.38. The summed E-state index contributed by atoms with van der Waals surface area (Å²) < 4.78 is 14.0. The number of carbonyl (C=O) groups excluding carboxylic acids is 2. The Hall–Kier alpha value is -2.65. The van der Waals surface area contributed by atoms with Gasteiger partial charge in [-0.05, 0) is 61.4 Å². The van der Waals surface area contributed by atoms with Crippen LogP contribution in [-0.4, -0.2) is 39.5 Å². The smallest absolute Gasteiger partial charge is 0.254 e. The van der Waals surface area contributed by atoms with E-state index in [1.807, 2.05) is 0 Å². The number of carbonyl (C=O) groups is 2. The molecule has 2 heterocycles. The van der Waals surface area contributed by atoms with Gasteiger partial charge in [0, 0.05) is 22.1 Å². The zero-order valence-electron chi connectivity index (χ0n) is 15.1. The second-order valence-corrected chi connectivity index (χ2v) is 8.47. The molecule has 0 saturated carbocycles. The molecule has 1 unspecified atom stereocenters. The third-order valence-electron chi connectivity index (χ3n) is 4.65. The van der Waals surface area contributed by atoms with Crippen molar-refractivity contribution < 1.29 is 14.0 Å². The van der Waals surface area contributed by atoms with E-state index < -0.39 is 6.04 Å². The van der Waals surface area contributed by atoms with Crippen LogP contribution in [-0.2, 0) is 4.79 Å². The fourth-order valence-electron chi connectivity index (χ4n) is 3.21. The van der Waals surface area contributed by atoms with Gasteiger partial charge in [-0.2, -0.15) is 0 Å². The Bertz CT molecular complexity index is 1040. The highest BCUT2D eigenvalue weighted by molar-refractivity contribution is 9.10. The molecule has 29 heavy (non-hydrogen) atoms. The van der Waals surface area contributed by atoms with E-state index in [9.17, 15) is 14.0 Å². The van der Waals surface area contributed by atoms with Crippen LogP contribution in [0.3, 0.4) is 0 Å². The van der Waals surface area contributed by atoms with Crippen molar-refractivity contribution in [2.75, 3.05) is 11.9 Å². The Morgan fingerprint density at radius 2 is 1.83 bits per heavy atom. The van der Waals surface area contributed by atoms with Gasteiger partial charge in [-0.15, -0.1) is 10.2 Å². The Kier molecular flexibility index (Phi) is 5.68. The largest absolute Gasteiger partial charge is 0.327 e. The molecule has 1 saturated heterocycles. The summed E-state index contributed by atoms with van der Waals surface area (Å²) in [5, 5.41) is 11.7. The fourth-order valence-corrected chi connectivity index (χ4v) is 4.23. The molecule has 1 aliphatic heterocycles. The molecule has 3 aromatic rings. The van der Waals surface area contributed by atoms with Crippen LogP contribution in [0, 0.1) is 5.82 Å². The molecular weight excluding hydrogens is 459 g/mol. The zero-order chi connectivity index (χ0) is 20.4. The number of aromatic nitrogens is 2. The van der Waals surface area contributed by atoms with Gasteiger partial charge in [0.15, 0.2) is 0 Å². The first-order valence-corrected chi connectivity index (χ1v) is 10.6. The molecular formula is C20H16BrFN4O2S. The molecule has 1 aliphatic rings. The third kappa shape index (κ3) is 4.35. The summed E-state index contributed by atoms with van der Waals surface area (Å²) >= 11 is 4.55. The molecule has 1 N–H and O–H groups in total. The molecule has 148 valence electrons. The molecule has 2 aromatic carbocycles. The second-order valence-electron chi connectivity index (χ2n) is 6.57. The number of halogens is 2. The number of anilines is 1. The number of benzene rings is 2. The SMILES string of the molecule is O=C(Nc1nnc(-c2ccc(F)cc2)s1)C1CCCN1C(=O)c1ccc(Br)cc1. The van der Waals surface area contributed by atoms with Crippen LogP contribution in [0.5, 0.6) is 0 Å². The van der Waals surface area contributed by atoms with Crippen molar-refractivity contribution in [2.45, 2.75) is 18.9 Å². The first-order valence-electron chi connectivity index (χ1n) is 8.98. The number of nitrogens with zero attached hydrogens (tertiary/aromatic N) is 3. The Morgan fingerprint density at radius 3 is 2.55 bits per heavy atom. The van der Waals surface area contributed by atoms with E-state index in [1.54, 1.807) is 41.3 Å². The van der Waals surface area contributed by atoms with E-state index in [-0.39, 0.29) is 17.6 Å². The van der Waals surface area contributed by atoms with E-state index in [4.69, 9.17) is 0 Å². The van der Waals surface area contributed by atoms with Crippen molar-refractivity contribution in [3.8, 4) is 10.6 Å². The number of likely N-dealkylation sites (tertiary alicyclic amines) is 1. The van der Waals surface area contributed by atoms with E-state index in [2.05, 4.69) is 31.4 Å². The summed E-state index contributed by atoms with van der Waals surface area (Å²) in [6, 6.07) is 12.4. The van der Waals surface area contributed by atoms with Crippen molar-refractivity contribution in [2.24, 2.45) is 0 Å². The summed E-state index contributed by atoms with van der Waals surface area (Å²) in [5.74, 6) is -0.780. The lowest BCUT2D eigenvalue weighted by atomic mass is 10.1. The lowest BCUT2D eigenvalue weighted by Gasteiger charge is -2.23. The van der Waals surface area contributed by atoms with Gasteiger partial charge in [0.25, 0.3) is 5.91 Å². The summed E-state index contributed by atoms with van der Waals surface area (Å²) in [7, 11) is 0. The minimum atomic E-state index is -0.552. The van der Waals surface area contributed by atoms with E-state index in [0.29, 0.717) is 28.7 Å². The van der Waals surface area contributed by atoms with Crippen molar-refractivity contribution >= 4 is 44.2 Å². The van der Waals surface area contributed by atoms with Gasteiger partial charge in [0.1, 0.15) is 16.9 Å². The van der Waals surface area contributed by atoms with Gasteiger partial charge < -0.3 is 4.90 Å². The maximum atomic E-state index is 13.1. The van der Waals surface area contributed by atoms with Crippen molar-refractivity contribution in [3.63, 3.8) is 0 Å². The van der Waals surface area contributed by atoms with Gasteiger partial charge >= 0.3 is 0 Å². The van der Waals surface area contributed by atoms with Crippen LogP contribution in [0.4, 0.5) is 9.52 Å². The van der Waals surface area contributed by atoms with Crippen LogP contribution in [0.25, 0.3) is 10.6 Å². The van der Waals surface area contributed by atoms with Crippen LogP contribution < -0.4 is 5.32 Å². The summed E-state index contributed by atoms with van der Waals surface area (Å²) in [5.41, 5.74) is 1.26. The third-order valence-corrected chi connectivity index (χ3v) is 6.07. The first-order chi connectivity index (χ1) is 14.0. The molecule has 9 heteroatoms.